The third kappa shape index (κ3) is 3.25. The zero-order valence-electron chi connectivity index (χ0n) is 12.2. The van der Waals surface area contributed by atoms with E-state index in [4.69, 9.17) is 9.15 Å². The summed E-state index contributed by atoms with van der Waals surface area (Å²) >= 11 is 0. The number of furan rings is 1. The third-order valence-electron chi connectivity index (χ3n) is 3.76. The monoisotopic (exact) mass is 288 g/mol. The molecular formula is C16H20N2O3. The van der Waals surface area contributed by atoms with Crippen LogP contribution in [0.2, 0.25) is 0 Å². The van der Waals surface area contributed by atoms with Crippen LogP contribution in [0, 0.1) is 0 Å². The number of nitrogens with zero attached hydrogens (tertiary/aromatic N) is 1. The Hall–Kier alpha value is -1.85. The molecule has 0 atom stereocenters. The minimum Gasteiger partial charge on any atom is -0.493 e. The summed E-state index contributed by atoms with van der Waals surface area (Å²) < 4.78 is 11.0. The second kappa shape index (κ2) is 6.28. The summed E-state index contributed by atoms with van der Waals surface area (Å²) in [6.07, 6.45) is 0.335. The molecular weight excluding hydrogens is 268 g/mol. The van der Waals surface area contributed by atoms with Gasteiger partial charge in [-0.1, -0.05) is 12.1 Å². The molecule has 0 bridgehead atoms. The van der Waals surface area contributed by atoms with E-state index in [-0.39, 0.29) is 5.78 Å². The highest BCUT2D eigenvalue weighted by atomic mass is 16.5. The Morgan fingerprint density at radius 2 is 2.19 bits per heavy atom. The Kier molecular flexibility index (Phi) is 4.22. The molecule has 5 nitrogen and oxygen atoms in total. The number of hydrogen-bond donors (Lipinski definition) is 1. The van der Waals surface area contributed by atoms with E-state index in [0.29, 0.717) is 30.1 Å². The van der Waals surface area contributed by atoms with Crippen LogP contribution in [0.5, 0.6) is 5.75 Å². The first kappa shape index (κ1) is 14.1. The highest BCUT2D eigenvalue weighted by Crippen LogP contribution is 2.28. The zero-order valence-corrected chi connectivity index (χ0v) is 12.2. The van der Waals surface area contributed by atoms with Crippen LogP contribution >= 0.6 is 0 Å². The molecule has 0 spiro atoms. The SMILES string of the molecule is COc1cccc2cc(CC(=O)CN3CCNCC3)oc12. The van der Waals surface area contributed by atoms with Crippen LogP contribution in [0.15, 0.2) is 28.7 Å². The lowest BCUT2D eigenvalue weighted by atomic mass is 10.2. The number of Topliss-reactive ketones (excluding diaryl/α,β-unsaturated/α-hetero) is 1. The van der Waals surface area contributed by atoms with Crippen molar-refractivity contribution in [2.45, 2.75) is 6.42 Å². The van der Waals surface area contributed by atoms with E-state index in [1.165, 1.54) is 0 Å². The molecule has 112 valence electrons. The number of ketones is 1. The number of piperazine rings is 1. The highest BCUT2D eigenvalue weighted by molar-refractivity contribution is 5.87. The number of nitrogens with one attached hydrogen (secondary N) is 1. The van der Waals surface area contributed by atoms with Crippen LogP contribution in [0.1, 0.15) is 5.76 Å². The van der Waals surface area contributed by atoms with E-state index in [1.54, 1.807) is 7.11 Å². The average molecular weight is 288 g/mol. The molecule has 0 unspecified atom stereocenters. The average Bonchev–Trinajstić information content (AvgIpc) is 2.90. The van der Waals surface area contributed by atoms with Crippen molar-refractivity contribution in [1.29, 1.82) is 0 Å². The molecule has 1 N–H and O–H groups in total. The lowest BCUT2D eigenvalue weighted by Crippen LogP contribution is -2.45. The van der Waals surface area contributed by atoms with Gasteiger partial charge in [0.05, 0.1) is 20.1 Å². The second-order valence-corrected chi connectivity index (χ2v) is 5.33. The summed E-state index contributed by atoms with van der Waals surface area (Å²) in [6, 6.07) is 7.67. The van der Waals surface area contributed by atoms with Crippen LogP contribution < -0.4 is 10.1 Å². The molecule has 0 aliphatic carbocycles. The third-order valence-corrected chi connectivity index (χ3v) is 3.76. The number of carbonyl (C=O) groups is 1. The maximum Gasteiger partial charge on any atom is 0.176 e. The van der Waals surface area contributed by atoms with Crippen molar-refractivity contribution in [2.75, 3.05) is 39.8 Å². The van der Waals surface area contributed by atoms with Gasteiger partial charge in [0.25, 0.3) is 0 Å². The fourth-order valence-electron chi connectivity index (χ4n) is 2.71. The number of hydrogen-bond acceptors (Lipinski definition) is 5. The maximum atomic E-state index is 12.2. The Morgan fingerprint density at radius 3 is 2.95 bits per heavy atom. The fourth-order valence-corrected chi connectivity index (χ4v) is 2.71. The molecule has 5 heteroatoms. The topological polar surface area (TPSA) is 54.7 Å². The van der Waals surface area contributed by atoms with E-state index in [1.807, 2.05) is 24.3 Å². The van der Waals surface area contributed by atoms with Gasteiger partial charge in [-0.25, -0.2) is 0 Å². The van der Waals surface area contributed by atoms with Crippen molar-refractivity contribution in [1.82, 2.24) is 10.2 Å². The highest BCUT2D eigenvalue weighted by Gasteiger charge is 2.16. The van der Waals surface area contributed by atoms with Crippen LogP contribution in [-0.2, 0) is 11.2 Å². The van der Waals surface area contributed by atoms with Gasteiger partial charge >= 0.3 is 0 Å². The van der Waals surface area contributed by atoms with Crippen LogP contribution in [-0.4, -0.2) is 50.5 Å². The Morgan fingerprint density at radius 1 is 1.38 bits per heavy atom. The van der Waals surface area contributed by atoms with Crippen LogP contribution in [0.3, 0.4) is 0 Å². The van der Waals surface area contributed by atoms with Crippen LogP contribution in [0.4, 0.5) is 0 Å². The number of carbonyl (C=O) groups excluding carboxylic acids is 1. The number of benzene rings is 1. The normalized spacial score (nSPS) is 16.2. The number of ether oxygens (including phenoxy) is 1. The van der Waals surface area contributed by atoms with E-state index in [0.717, 1.165) is 31.6 Å². The molecule has 1 aliphatic heterocycles. The van der Waals surface area contributed by atoms with Gasteiger partial charge in [0.1, 0.15) is 5.76 Å². The molecule has 0 amide bonds. The smallest absolute Gasteiger partial charge is 0.176 e. The molecule has 1 aliphatic rings. The van der Waals surface area contributed by atoms with Gasteiger partial charge in [0.2, 0.25) is 0 Å². The van der Waals surface area contributed by atoms with Crippen molar-refractivity contribution in [3.63, 3.8) is 0 Å². The molecule has 1 aromatic carbocycles. The second-order valence-electron chi connectivity index (χ2n) is 5.33. The first-order valence-corrected chi connectivity index (χ1v) is 7.26. The van der Waals surface area contributed by atoms with Gasteiger partial charge in [0.15, 0.2) is 17.1 Å². The molecule has 0 saturated carbocycles. The molecule has 1 fully saturated rings. The standard InChI is InChI=1S/C16H20N2O3/c1-20-15-4-2-3-12-9-14(21-16(12)15)10-13(19)11-18-7-5-17-6-8-18/h2-4,9,17H,5-8,10-11H2,1H3. The lowest BCUT2D eigenvalue weighted by molar-refractivity contribution is -0.119. The fraction of sp³-hybridized carbons (Fsp3) is 0.438. The largest absolute Gasteiger partial charge is 0.493 e. The van der Waals surface area contributed by atoms with Crippen molar-refractivity contribution in [3.05, 3.63) is 30.0 Å². The van der Waals surface area contributed by atoms with Gasteiger partial charge in [0, 0.05) is 31.6 Å². The van der Waals surface area contributed by atoms with Gasteiger partial charge in [-0.2, -0.15) is 0 Å². The lowest BCUT2D eigenvalue weighted by Gasteiger charge is -2.26. The predicted molar refractivity (Wildman–Crippen MR) is 80.8 cm³/mol. The van der Waals surface area contributed by atoms with E-state index in [9.17, 15) is 4.79 Å². The Balaban J connectivity index is 1.68. The summed E-state index contributed by atoms with van der Waals surface area (Å²) in [7, 11) is 1.62. The van der Waals surface area contributed by atoms with E-state index < -0.39 is 0 Å². The van der Waals surface area contributed by atoms with Crippen molar-refractivity contribution < 1.29 is 13.9 Å². The molecule has 2 heterocycles. The van der Waals surface area contributed by atoms with Gasteiger partial charge in [-0.3, -0.25) is 9.69 Å². The molecule has 3 rings (SSSR count). The van der Waals surface area contributed by atoms with Gasteiger partial charge in [-0.05, 0) is 12.1 Å². The van der Waals surface area contributed by atoms with Crippen molar-refractivity contribution in [2.24, 2.45) is 0 Å². The van der Waals surface area contributed by atoms with Crippen molar-refractivity contribution >= 4 is 16.8 Å². The minimum absolute atomic E-state index is 0.190. The number of rotatable bonds is 5. The van der Waals surface area contributed by atoms with Crippen molar-refractivity contribution in [3.8, 4) is 5.75 Å². The van der Waals surface area contributed by atoms with E-state index in [2.05, 4.69) is 10.2 Å². The summed E-state index contributed by atoms with van der Waals surface area (Å²) in [5, 5.41) is 4.25. The summed E-state index contributed by atoms with van der Waals surface area (Å²) in [4.78, 5) is 14.3. The Bertz CT molecular complexity index is 629. The van der Waals surface area contributed by atoms with Gasteiger partial charge < -0.3 is 14.5 Å². The first-order valence-electron chi connectivity index (χ1n) is 7.26. The summed E-state index contributed by atoms with van der Waals surface area (Å²) in [5.41, 5.74) is 0.713. The van der Waals surface area contributed by atoms with Gasteiger partial charge in [-0.15, -0.1) is 0 Å². The maximum absolute atomic E-state index is 12.2. The first-order chi connectivity index (χ1) is 10.3. The van der Waals surface area contributed by atoms with Crippen LogP contribution in [0.25, 0.3) is 11.0 Å². The Labute approximate surface area is 123 Å². The summed E-state index contributed by atoms with van der Waals surface area (Å²) in [6.45, 7) is 4.26. The zero-order chi connectivity index (χ0) is 14.7. The number of methoxy groups -OCH3 is 1. The number of para-hydroxylation sites is 1. The number of fused-ring (bicyclic) bond motifs is 1. The molecule has 2 aromatic rings. The predicted octanol–water partition coefficient (Wildman–Crippen LogP) is 1.46. The molecule has 21 heavy (non-hydrogen) atoms. The molecule has 1 aromatic heterocycles. The summed E-state index contributed by atoms with van der Waals surface area (Å²) in [5.74, 6) is 1.60. The molecule has 0 radical (unpaired) electrons. The quantitative estimate of drug-likeness (QED) is 0.902. The van der Waals surface area contributed by atoms with E-state index >= 15 is 0 Å². The molecule has 1 saturated heterocycles. The minimum atomic E-state index is 0.190.